The molecule has 0 amide bonds. The van der Waals surface area contributed by atoms with Gasteiger partial charge >= 0.3 is 0 Å². The molecule has 1 aromatic heterocycles. The summed E-state index contributed by atoms with van der Waals surface area (Å²) in [6.45, 7) is 10.3. The van der Waals surface area contributed by atoms with Gasteiger partial charge in [-0.1, -0.05) is 69.8 Å². The SMILES string of the molecule is C=Cc1c(Oc2ccccc2)nc(NSc2ccccc2)nc1C(C)(C)C. The third kappa shape index (κ3) is 4.89. The minimum absolute atomic E-state index is 0.185. The fourth-order valence-electron chi connectivity index (χ4n) is 2.52. The van der Waals surface area contributed by atoms with Gasteiger partial charge in [0.25, 0.3) is 0 Å². The van der Waals surface area contributed by atoms with Crippen molar-refractivity contribution in [2.45, 2.75) is 31.1 Å². The zero-order chi connectivity index (χ0) is 19.3. The van der Waals surface area contributed by atoms with Crippen molar-refractivity contribution in [2.24, 2.45) is 0 Å². The number of rotatable bonds is 6. The van der Waals surface area contributed by atoms with Crippen LogP contribution in [0.3, 0.4) is 0 Å². The van der Waals surface area contributed by atoms with Gasteiger partial charge in [-0.05, 0) is 36.2 Å². The van der Waals surface area contributed by atoms with Crippen LogP contribution in [-0.4, -0.2) is 9.97 Å². The predicted molar refractivity (Wildman–Crippen MR) is 113 cm³/mol. The van der Waals surface area contributed by atoms with Gasteiger partial charge in [-0.3, -0.25) is 4.72 Å². The Kier molecular flexibility index (Phi) is 5.81. The van der Waals surface area contributed by atoms with Crippen molar-refractivity contribution in [2.75, 3.05) is 4.72 Å². The second-order valence-corrected chi connectivity index (χ2v) is 7.88. The summed E-state index contributed by atoms with van der Waals surface area (Å²) in [4.78, 5) is 10.4. The maximum Gasteiger partial charge on any atom is 0.236 e. The first-order chi connectivity index (χ1) is 13.0. The van der Waals surface area contributed by atoms with Crippen molar-refractivity contribution in [1.29, 1.82) is 0 Å². The Labute approximate surface area is 164 Å². The molecule has 2 aromatic carbocycles. The second-order valence-electron chi connectivity index (χ2n) is 7.00. The highest BCUT2D eigenvalue weighted by atomic mass is 32.2. The van der Waals surface area contributed by atoms with E-state index in [1.165, 1.54) is 11.9 Å². The van der Waals surface area contributed by atoms with E-state index in [0.29, 0.717) is 11.8 Å². The van der Waals surface area contributed by atoms with E-state index in [0.717, 1.165) is 21.9 Å². The van der Waals surface area contributed by atoms with Crippen molar-refractivity contribution in [3.8, 4) is 11.6 Å². The normalized spacial score (nSPS) is 11.1. The molecule has 0 aliphatic carbocycles. The molecule has 138 valence electrons. The number of nitrogens with zero attached hydrogens (tertiary/aromatic N) is 2. The van der Waals surface area contributed by atoms with Crippen LogP contribution in [0.25, 0.3) is 6.08 Å². The smallest absolute Gasteiger partial charge is 0.236 e. The van der Waals surface area contributed by atoms with E-state index in [-0.39, 0.29) is 5.41 Å². The summed E-state index contributed by atoms with van der Waals surface area (Å²) in [6.07, 6.45) is 1.76. The maximum absolute atomic E-state index is 6.06. The van der Waals surface area contributed by atoms with E-state index in [1.807, 2.05) is 60.7 Å². The molecule has 5 heteroatoms. The Hall–Kier alpha value is -2.79. The molecule has 4 nitrogen and oxygen atoms in total. The molecular weight excluding hydrogens is 354 g/mol. The molecule has 0 unspecified atom stereocenters. The van der Waals surface area contributed by atoms with E-state index < -0.39 is 0 Å². The Morgan fingerprint density at radius 1 is 0.963 bits per heavy atom. The molecule has 0 aliphatic rings. The van der Waals surface area contributed by atoms with Crippen molar-refractivity contribution in [3.05, 3.63) is 78.5 Å². The first-order valence-electron chi connectivity index (χ1n) is 8.73. The summed E-state index contributed by atoms with van der Waals surface area (Å²) >= 11 is 1.46. The highest BCUT2D eigenvalue weighted by Crippen LogP contribution is 2.34. The fraction of sp³-hybridized carbons (Fsp3) is 0.182. The lowest BCUT2D eigenvalue weighted by Crippen LogP contribution is -2.18. The summed E-state index contributed by atoms with van der Waals surface area (Å²) in [5.41, 5.74) is 1.51. The van der Waals surface area contributed by atoms with E-state index in [4.69, 9.17) is 9.72 Å². The van der Waals surface area contributed by atoms with Crippen LogP contribution in [0.5, 0.6) is 11.6 Å². The zero-order valence-electron chi connectivity index (χ0n) is 15.8. The van der Waals surface area contributed by atoms with Gasteiger partial charge in [0.05, 0.1) is 11.3 Å². The van der Waals surface area contributed by atoms with Crippen LogP contribution in [0.4, 0.5) is 5.95 Å². The van der Waals surface area contributed by atoms with E-state index in [9.17, 15) is 0 Å². The van der Waals surface area contributed by atoms with Gasteiger partial charge < -0.3 is 4.74 Å². The molecule has 0 bridgehead atoms. The number of nitrogens with one attached hydrogen (secondary N) is 1. The molecule has 1 N–H and O–H groups in total. The Morgan fingerprint density at radius 3 is 2.19 bits per heavy atom. The van der Waals surface area contributed by atoms with Gasteiger partial charge in [0, 0.05) is 10.3 Å². The summed E-state index contributed by atoms with van der Waals surface area (Å²) in [5, 5.41) is 0. The highest BCUT2D eigenvalue weighted by molar-refractivity contribution is 8.00. The topological polar surface area (TPSA) is 47.0 Å². The van der Waals surface area contributed by atoms with Crippen LogP contribution in [0, 0.1) is 0 Å². The summed E-state index contributed by atoms with van der Waals surface area (Å²) in [7, 11) is 0. The fourth-order valence-corrected chi connectivity index (χ4v) is 3.11. The van der Waals surface area contributed by atoms with Gasteiger partial charge in [0.1, 0.15) is 5.75 Å². The lowest BCUT2D eigenvalue weighted by atomic mass is 9.88. The molecule has 0 spiro atoms. The Balaban J connectivity index is 1.98. The Morgan fingerprint density at radius 2 is 1.59 bits per heavy atom. The number of hydrogen-bond acceptors (Lipinski definition) is 5. The number of hydrogen-bond donors (Lipinski definition) is 1. The molecule has 1 heterocycles. The summed E-state index contributed by atoms with van der Waals surface area (Å²) in [5.74, 6) is 1.72. The number of anilines is 1. The molecule has 0 radical (unpaired) electrons. The zero-order valence-corrected chi connectivity index (χ0v) is 16.6. The van der Waals surface area contributed by atoms with E-state index in [1.54, 1.807) is 6.08 Å². The van der Waals surface area contributed by atoms with Crippen molar-refractivity contribution < 1.29 is 4.74 Å². The third-order valence-corrected chi connectivity index (χ3v) is 4.58. The standard InChI is InChI=1S/C22H23N3OS/c1-5-18-19(22(2,3)4)23-21(25-27-17-14-10-7-11-15-17)24-20(18)26-16-12-8-6-9-13-16/h5-15H,1H2,2-4H3,(H,23,24,25). The molecular formula is C22H23N3OS. The number of aromatic nitrogens is 2. The molecule has 3 rings (SSSR count). The summed E-state index contributed by atoms with van der Waals surface area (Å²) < 4.78 is 9.29. The van der Waals surface area contributed by atoms with E-state index in [2.05, 4.69) is 37.1 Å². The predicted octanol–water partition coefficient (Wildman–Crippen LogP) is 6.33. The minimum Gasteiger partial charge on any atom is -0.438 e. The molecule has 3 aromatic rings. The van der Waals surface area contributed by atoms with Crippen LogP contribution < -0.4 is 9.46 Å². The average molecular weight is 378 g/mol. The van der Waals surface area contributed by atoms with Crippen LogP contribution in [0.2, 0.25) is 0 Å². The molecule has 0 saturated carbocycles. The molecule has 0 fully saturated rings. The monoisotopic (exact) mass is 377 g/mol. The average Bonchev–Trinajstić information content (AvgIpc) is 2.67. The third-order valence-electron chi connectivity index (χ3n) is 3.79. The van der Waals surface area contributed by atoms with Crippen LogP contribution in [0.15, 0.2) is 72.1 Å². The molecule has 0 saturated heterocycles. The highest BCUT2D eigenvalue weighted by Gasteiger charge is 2.24. The van der Waals surface area contributed by atoms with Crippen molar-refractivity contribution in [3.63, 3.8) is 0 Å². The van der Waals surface area contributed by atoms with Gasteiger partial charge in [-0.25, -0.2) is 4.98 Å². The van der Waals surface area contributed by atoms with E-state index >= 15 is 0 Å². The first kappa shape index (κ1) is 19.0. The summed E-state index contributed by atoms with van der Waals surface area (Å²) in [6, 6.07) is 19.7. The van der Waals surface area contributed by atoms with Crippen LogP contribution in [0.1, 0.15) is 32.0 Å². The van der Waals surface area contributed by atoms with Gasteiger partial charge in [-0.15, -0.1) is 0 Å². The van der Waals surface area contributed by atoms with Crippen molar-refractivity contribution >= 4 is 24.0 Å². The largest absolute Gasteiger partial charge is 0.438 e. The molecule has 27 heavy (non-hydrogen) atoms. The lowest BCUT2D eigenvalue weighted by Gasteiger charge is -2.22. The van der Waals surface area contributed by atoms with Crippen LogP contribution in [-0.2, 0) is 5.41 Å². The van der Waals surface area contributed by atoms with Crippen molar-refractivity contribution in [1.82, 2.24) is 9.97 Å². The maximum atomic E-state index is 6.06. The number of ether oxygens (including phenoxy) is 1. The Bertz CT molecular complexity index is 906. The minimum atomic E-state index is -0.185. The quantitative estimate of drug-likeness (QED) is 0.509. The number of para-hydroxylation sites is 1. The number of benzene rings is 2. The van der Waals surface area contributed by atoms with Gasteiger partial charge in [0.2, 0.25) is 11.8 Å². The van der Waals surface area contributed by atoms with Gasteiger partial charge in [-0.2, -0.15) is 4.98 Å². The molecule has 0 aliphatic heterocycles. The first-order valence-corrected chi connectivity index (χ1v) is 9.55. The second kappa shape index (κ2) is 8.27. The van der Waals surface area contributed by atoms with Crippen LogP contribution >= 0.6 is 11.9 Å². The van der Waals surface area contributed by atoms with Gasteiger partial charge in [0.15, 0.2) is 0 Å². The lowest BCUT2D eigenvalue weighted by molar-refractivity contribution is 0.454. The molecule has 0 atom stereocenters.